The molecule has 3 atom stereocenters. The maximum atomic E-state index is 13.5. The van der Waals surface area contributed by atoms with Crippen molar-refractivity contribution in [2.75, 3.05) is 34.4 Å². The summed E-state index contributed by atoms with van der Waals surface area (Å²) in [4.78, 5) is 32.6. The van der Waals surface area contributed by atoms with E-state index in [2.05, 4.69) is 10.3 Å². The van der Waals surface area contributed by atoms with Crippen LogP contribution in [0.2, 0.25) is 0 Å². The fraction of sp³-hybridized carbons (Fsp3) is 0.435. The standard InChI is InChI=1S/C23H27N3O5/c1-26-21(14-6-4-8-24-12-14)20(22(27)25-13-15-7-5-9-31-15)16-10-18(29-2)19(30-3)11-17(16)23(26)28/h4,6,8,10-12,15,20-21H,5,7,9,13H2,1-3H3,(H,25,27)/t15-,20-,21-/m1/s1. The van der Waals surface area contributed by atoms with Crippen LogP contribution in [0.1, 0.15) is 46.3 Å². The number of amides is 2. The van der Waals surface area contributed by atoms with E-state index in [1.54, 1.807) is 42.5 Å². The van der Waals surface area contributed by atoms with Crippen molar-refractivity contribution in [1.29, 1.82) is 0 Å². The molecule has 1 N–H and O–H groups in total. The number of aromatic nitrogens is 1. The lowest BCUT2D eigenvalue weighted by atomic mass is 9.79. The molecule has 3 heterocycles. The molecule has 2 aromatic rings. The van der Waals surface area contributed by atoms with Crippen LogP contribution in [0.4, 0.5) is 0 Å². The van der Waals surface area contributed by atoms with Gasteiger partial charge in [0.1, 0.15) is 0 Å². The second-order valence-corrected chi connectivity index (χ2v) is 7.80. The highest BCUT2D eigenvalue weighted by Crippen LogP contribution is 2.45. The Morgan fingerprint density at radius 1 is 1.29 bits per heavy atom. The zero-order valence-corrected chi connectivity index (χ0v) is 18.0. The molecule has 8 heteroatoms. The molecule has 1 fully saturated rings. The summed E-state index contributed by atoms with van der Waals surface area (Å²) in [6.07, 6.45) is 5.31. The zero-order valence-electron chi connectivity index (χ0n) is 18.0. The van der Waals surface area contributed by atoms with E-state index in [0.717, 1.165) is 25.0 Å². The van der Waals surface area contributed by atoms with Crippen molar-refractivity contribution in [3.8, 4) is 11.5 Å². The zero-order chi connectivity index (χ0) is 22.0. The SMILES string of the molecule is COc1cc2c(cc1OC)[C@@H](C(=O)NC[C@H]1CCCO1)[C@@H](c1cccnc1)N(C)C2=O. The first-order valence-corrected chi connectivity index (χ1v) is 10.4. The summed E-state index contributed by atoms with van der Waals surface area (Å²) in [6.45, 7) is 1.16. The fourth-order valence-corrected chi connectivity index (χ4v) is 4.43. The van der Waals surface area contributed by atoms with Gasteiger partial charge in [-0.25, -0.2) is 0 Å². The Balaban J connectivity index is 1.78. The van der Waals surface area contributed by atoms with Crippen molar-refractivity contribution < 1.29 is 23.8 Å². The van der Waals surface area contributed by atoms with Gasteiger partial charge in [-0.05, 0) is 42.2 Å². The third-order valence-corrected chi connectivity index (χ3v) is 6.01. The summed E-state index contributed by atoms with van der Waals surface area (Å²) in [5, 5.41) is 3.04. The van der Waals surface area contributed by atoms with E-state index in [1.165, 1.54) is 14.2 Å². The Hall–Kier alpha value is -3.13. The van der Waals surface area contributed by atoms with E-state index in [4.69, 9.17) is 14.2 Å². The summed E-state index contributed by atoms with van der Waals surface area (Å²) in [5.41, 5.74) is 1.83. The molecule has 4 rings (SSSR count). The Labute approximate surface area is 181 Å². The number of nitrogens with zero attached hydrogens (tertiary/aromatic N) is 2. The molecule has 1 aromatic heterocycles. The second-order valence-electron chi connectivity index (χ2n) is 7.80. The average molecular weight is 425 g/mol. The van der Waals surface area contributed by atoms with E-state index in [0.29, 0.717) is 29.2 Å². The van der Waals surface area contributed by atoms with Crippen LogP contribution >= 0.6 is 0 Å². The Morgan fingerprint density at radius 2 is 2.06 bits per heavy atom. The molecule has 0 saturated carbocycles. The van der Waals surface area contributed by atoms with Crippen molar-refractivity contribution in [2.24, 2.45) is 0 Å². The summed E-state index contributed by atoms with van der Waals surface area (Å²) < 4.78 is 16.5. The van der Waals surface area contributed by atoms with Crippen molar-refractivity contribution in [3.63, 3.8) is 0 Å². The molecule has 0 radical (unpaired) electrons. The first-order chi connectivity index (χ1) is 15.0. The number of fused-ring (bicyclic) bond motifs is 1. The van der Waals surface area contributed by atoms with Gasteiger partial charge < -0.3 is 24.4 Å². The number of hydrogen-bond acceptors (Lipinski definition) is 6. The van der Waals surface area contributed by atoms with Crippen molar-refractivity contribution in [2.45, 2.75) is 30.9 Å². The minimum atomic E-state index is -0.636. The number of benzene rings is 1. The van der Waals surface area contributed by atoms with Gasteiger partial charge in [0.05, 0.1) is 32.3 Å². The third-order valence-electron chi connectivity index (χ3n) is 6.01. The van der Waals surface area contributed by atoms with Gasteiger partial charge >= 0.3 is 0 Å². The lowest BCUT2D eigenvalue weighted by Crippen LogP contribution is -2.46. The minimum absolute atomic E-state index is 0.0219. The number of pyridine rings is 1. The summed E-state index contributed by atoms with van der Waals surface area (Å²) in [6, 6.07) is 6.56. The number of nitrogens with one attached hydrogen (secondary N) is 1. The largest absolute Gasteiger partial charge is 0.493 e. The molecule has 0 aliphatic carbocycles. The van der Waals surface area contributed by atoms with Gasteiger partial charge in [-0.1, -0.05) is 6.07 Å². The van der Waals surface area contributed by atoms with Crippen molar-refractivity contribution in [3.05, 3.63) is 53.3 Å². The molecule has 0 unspecified atom stereocenters. The van der Waals surface area contributed by atoms with Gasteiger partial charge in [-0.3, -0.25) is 14.6 Å². The van der Waals surface area contributed by atoms with Crippen LogP contribution in [0, 0.1) is 0 Å². The monoisotopic (exact) mass is 425 g/mol. The Morgan fingerprint density at radius 3 is 2.71 bits per heavy atom. The number of carbonyl (C=O) groups is 2. The van der Waals surface area contributed by atoms with Crippen LogP contribution < -0.4 is 14.8 Å². The van der Waals surface area contributed by atoms with Gasteiger partial charge in [0, 0.05) is 38.2 Å². The van der Waals surface area contributed by atoms with Crippen LogP contribution in [0.15, 0.2) is 36.7 Å². The second kappa shape index (κ2) is 8.93. The highest BCUT2D eigenvalue weighted by atomic mass is 16.5. The number of rotatable bonds is 6. The number of methoxy groups -OCH3 is 2. The molecule has 2 aliphatic heterocycles. The third kappa shape index (κ3) is 3.95. The first-order valence-electron chi connectivity index (χ1n) is 10.4. The van der Waals surface area contributed by atoms with Crippen LogP contribution in [-0.2, 0) is 9.53 Å². The smallest absolute Gasteiger partial charge is 0.254 e. The Kier molecular flexibility index (Phi) is 6.08. The Bertz CT molecular complexity index is 959. The van der Waals surface area contributed by atoms with E-state index in [9.17, 15) is 9.59 Å². The summed E-state index contributed by atoms with van der Waals surface area (Å²) in [7, 11) is 4.76. The lowest BCUT2D eigenvalue weighted by molar-refractivity contribution is -0.124. The number of carbonyl (C=O) groups excluding carboxylic acids is 2. The van der Waals surface area contributed by atoms with E-state index in [-0.39, 0.29) is 17.9 Å². The molecule has 164 valence electrons. The van der Waals surface area contributed by atoms with Crippen LogP contribution in [0.5, 0.6) is 11.5 Å². The van der Waals surface area contributed by atoms with Crippen LogP contribution in [0.25, 0.3) is 0 Å². The molecule has 2 aliphatic rings. The minimum Gasteiger partial charge on any atom is -0.493 e. The van der Waals surface area contributed by atoms with Gasteiger partial charge in [-0.15, -0.1) is 0 Å². The molecule has 2 amide bonds. The number of likely N-dealkylation sites (N-methyl/N-ethyl adjacent to an activating group) is 1. The highest BCUT2D eigenvalue weighted by Gasteiger charge is 2.43. The van der Waals surface area contributed by atoms with Crippen LogP contribution in [-0.4, -0.2) is 62.2 Å². The van der Waals surface area contributed by atoms with E-state index in [1.807, 2.05) is 6.07 Å². The first kappa shape index (κ1) is 21.1. The fourth-order valence-electron chi connectivity index (χ4n) is 4.43. The normalized spacial score (nSPS) is 22.7. The number of ether oxygens (including phenoxy) is 3. The van der Waals surface area contributed by atoms with Gasteiger partial charge in [0.25, 0.3) is 5.91 Å². The van der Waals surface area contributed by atoms with Crippen LogP contribution in [0.3, 0.4) is 0 Å². The van der Waals surface area contributed by atoms with Crippen molar-refractivity contribution >= 4 is 11.8 Å². The maximum Gasteiger partial charge on any atom is 0.254 e. The van der Waals surface area contributed by atoms with Crippen molar-refractivity contribution in [1.82, 2.24) is 15.2 Å². The molecule has 0 bridgehead atoms. The van der Waals surface area contributed by atoms with Gasteiger partial charge in [-0.2, -0.15) is 0 Å². The molecule has 1 aromatic carbocycles. The molecule has 31 heavy (non-hydrogen) atoms. The number of hydrogen-bond donors (Lipinski definition) is 1. The summed E-state index contributed by atoms with van der Waals surface area (Å²) in [5.74, 6) is -0.0740. The van der Waals surface area contributed by atoms with Gasteiger partial charge in [0.15, 0.2) is 11.5 Å². The average Bonchev–Trinajstić information content (AvgIpc) is 3.33. The molecule has 8 nitrogen and oxygen atoms in total. The predicted octanol–water partition coefficient (Wildman–Crippen LogP) is 2.30. The van der Waals surface area contributed by atoms with E-state index >= 15 is 0 Å². The highest BCUT2D eigenvalue weighted by molar-refractivity contribution is 6.02. The predicted molar refractivity (Wildman–Crippen MR) is 113 cm³/mol. The van der Waals surface area contributed by atoms with E-state index < -0.39 is 12.0 Å². The molecular weight excluding hydrogens is 398 g/mol. The molecule has 0 spiro atoms. The summed E-state index contributed by atoms with van der Waals surface area (Å²) >= 11 is 0. The lowest BCUT2D eigenvalue weighted by Gasteiger charge is -2.40. The molecule has 1 saturated heterocycles. The molecular formula is C23H27N3O5. The topological polar surface area (TPSA) is 90.0 Å². The maximum absolute atomic E-state index is 13.5. The quantitative estimate of drug-likeness (QED) is 0.764. The van der Waals surface area contributed by atoms with Gasteiger partial charge in [0.2, 0.25) is 5.91 Å².